The minimum absolute atomic E-state index is 0.0501. The Bertz CT molecular complexity index is 1580. The second kappa shape index (κ2) is 16.6. The van der Waals surface area contributed by atoms with Gasteiger partial charge < -0.3 is 34.7 Å². The third-order valence-electron chi connectivity index (χ3n) is 9.09. The van der Waals surface area contributed by atoms with Gasteiger partial charge >= 0.3 is 18.0 Å². The fourth-order valence-electron chi connectivity index (χ4n) is 6.47. The van der Waals surface area contributed by atoms with Crippen molar-refractivity contribution >= 4 is 23.7 Å². The summed E-state index contributed by atoms with van der Waals surface area (Å²) < 4.78 is 23.9. The minimum atomic E-state index is -0.862. The molecule has 2 aliphatic rings. The van der Waals surface area contributed by atoms with Crippen molar-refractivity contribution in [1.29, 1.82) is 0 Å². The van der Waals surface area contributed by atoms with Crippen molar-refractivity contribution in [2.24, 2.45) is 5.92 Å². The van der Waals surface area contributed by atoms with Gasteiger partial charge in [0.25, 0.3) is 0 Å². The maximum atomic E-state index is 13.1. The molecule has 3 aromatic carbocycles. The predicted octanol–water partition coefficient (Wildman–Crippen LogP) is 5.68. The summed E-state index contributed by atoms with van der Waals surface area (Å²) in [4.78, 5) is 40.6. The van der Waals surface area contributed by atoms with Crippen LogP contribution in [0.4, 0.5) is 10.5 Å². The van der Waals surface area contributed by atoms with Crippen molar-refractivity contribution in [2.45, 2.75) is 89.7 Å². The number of hydrogen-bond acceptors (Lipinski definition) is 9. The quantitative estimate of drug-likeness (QED) is 0.218. The summed E-state index contributed by atoms with van der Waals surface area (Å²) in [6.45, 7) is 8.97. The van der Waals surface area contributed by atoms with Crippen LogP contribution < -0.4 is 10.6 Å². The lowest BCUT2D eigenvalue weighted by atomic mass is 9.90. The number of benzene rings is 3. The Balaban J connectivity index is 1.30. The molecule has 5 rings (SSSR count). The third-order valence-corrected chi connectivity index (χ3v) is 9.09. The number of anilines is 1. The molecular formula is C39H49N3O8. The van der Waals surface area contributed by atoms with E-state index in [4.69, 9.17) is 18.9 Å². The van der Waals surface area contributed by atoms with Gasteiger partial charge in [-0.25, -0.2) is 9.59 Å². The minimum Gasteiger partial charge on any atom is -0.467 e. The number of aliphatic hydroxyl groups excluding tert-OH is 1. The zero-order valence-corrected chi connectivity index (χ0v) is 29.5. The number of carbonyl (C=O) groups excluding carboxylic acids is 3. The van der Waals surface area contributed by atoms with E-state index in [0.717, 1.165) is 41.6 Å². The molecule has 0 spiro atoms. The van der Waals surface area contributed by atoms with E-state index in [9.17, 15) is 19.5 Å². The summed E-state index contributed by atoms with van der Waals surface area (Å²) in [6.07, 6.45) is 0.594. The highest BCUT2D eigenvalue weighted by Gasteiger charge is 2.42. The van der Waals surface area contributed by atoms with Crippen molar-refractivity contribution in [1.82, 2.24) is 10.2 Å². The number of nitrogens with one attached hydrogen (secondary N) is 2. The summed E-state index contributed by atoms with van der Waals surface area (Å²) in [5.41, 5.74) is 3.36. The molecule has 2 aliphatic heterocycles. The Hall–Kier alpha value is -4.29. The predicted molar refractivity (Wildman–Crippen MR) is 188 cm³/mol. The van der Waals surface area contributed by atoms with Crippen molar-refractivity contribution < 1.29 is 38.4 Å². The zero-order valence-electron chi connectivity index (χ0n) is 29.5. The first-order valence-electron chi connectivity index (χ1n) is 17.2. The molecular weight excluding hydrogens is 638 g/mol. The maximum Gasteiger partial charge on any atom is 0.328 e. The summed E-state index contributed by atoms with van der Waals surface area (Å²) in [7, 11) is 1.29. The van der Waals surface area contributed by atoms with E-state index in [1.54, 1.807) is 12.1 Å². The van der Waals surface area contributed by atoms with Crippen LogP contribution >= 0.6 is 0 Å². The van der Waals surface area contributed by atoms with E-state index in [1.165, 1.54) is 7.11 Å². The SMILES string of the molecule is COC(=O)[C@H](Cc1ccccc1)NC(=O)Nc1ccc([C@H]2O[C@@H](CN3CCC[C@H]3C(=O)OC(C)(C)C)[C@@H](C)[C@@H](c3ccc(CO)cc3)O2)cc1. The number of methoxy groups -OCH3 is 1. The smallest absolute Gasteiger partial charge is 0.328 e. The van der Waals surface area contributed by atoms with Gasteiger partial charge in [-0.3, -0.25) is 9.69 Å². The van der Waals surface area contributed by atoms with Gasteiger partial charge in [0, 0.05) is 30.1 Å². The van der Waals surface area contributed by atoms with Gasteiger partial charge in [-0.15, -0.1) is 0 Å². The lowest BCUT2D eigenvalue weighted by Crippen LogP contribution is -2.48. The van der Waals surface area contributed by atoms with Crippen molar-refractivity contribution in [3.63, 3.8) is 0 Å². The lowest BCUT2D eigenvalue weighted by molar-refractivity contribution is -0.276. The van der Waals surface area contributed by atoms with Gasteiger partial charge in [0.1, 0.15) is 17.7 Å². The number of aliphatic hydroxyl groups is 1. The standard InChI is InChI=1S/C39H49N3O8/c1-25-33(23-42-21-9-12-32(42)36(45)50-39(2,3)4)48-37(49-34(25)28-15-13-27(24-43)14-16-28)29-17-19-30(20-18-29)40-38(46)41-31(35(44)47-5)22-26-10-7-6-8-11-26/h6-8,10-11,13-20,25,31-34,37,43H,9,12,21-24H2,1-5H3,(H2,40,41,46)/t25-,31+,32+,33+,34+,37+/m1/s1. The summed E-state index contributed by atoms with van der Waals surface area (Å²) >= 11 is 0. The molecule has 11 nitrogen and oxygen atoms in total. The molecule has 6 atom stereocenters. The first-order chi connectivity index (χ1) is 23.9. The largest absolute Gasteiger partial charge is 0.467 e. The molecule has 0 aromatic heterocycles. The van der Waals surface area contributed by atoms with E-state index < -0.39 is 29.9 Å². The molecule has 268 valence electrons. The number of rotatable bonds is 11. The van der Waals surface area contributed by atoms with Crippen LogP contribution in [0.2, 0.25) is 0 Å². The monoisotopic (exact) mass is 687 g/mol. The Morgan fingerprint density at radius 2 is 1.62 bits per heavy atom. The maximum absolute atomic E-state index is 13.1. The number of carbonyl (C=O) groups is 3. The van der Waals surface area contributed by atoms with Crippen LogP contribution in [0.5, 0.6) is 0 Å². The number of amides is 2. The van der Waals surface area contributed by atoms with E-state index in [2.05, 4.69) is 22.5 Å². The molecule has 2 fully saturated rings. The van der Waals surface area contributed by atoms with Crippen LogP contribution in [0, 0.1) is 5.92 Å². The lowest BCUT2D eigenvalue weighted by Gasteiger charge is -2.43. The van der Waals surface area contributed by atoms with Crippen molar-refractivity contribution in [3.05, 3.63) is 101 Å². The Morgan fingerprint density at radius 3 is 2.26 bits per heavy atom. The van der Waals surface area contributed by atoms with E-state index in [-0.39, 0.29) is 43.2 Å². The Morgan fingerprint density at radius 1 is 0.940 bits per heavy atom. The van der Waals surface area contributed by atoms with Gasteiger partial charge in [-0.1, -0.05) is 73.7 Å². The molecule has 3 N–H and O–H groups in total. The van der Waals surface area contributed by atoms with Crippen LogP contribution in [0.3, 0.4) is 0 Å². The molecule has 2 heterocycles. The Kier molecular flexibility index (Phi) is 12.3. The van der Waals surface area contributed by atoms with Gasteiger partial charge in [-0.2, -0.15) is 0 Å². The van der Waals surface area contributed by atoms with Crippen molar-refractivity contribution in [3.8, 4) is 0 Å². The number of nitrogens with zero attached hydrogens (tertiary/aromatic N) is 1. The van der Waals surface area contributed by atoms with Crippen LogP contribution in [0.25, 0.3) is 0 Å². The normalized spacial score (nSPS) is 23.1. The fourth-order valence-corrected chi connectivity index (χ4v) is 6.47. The zero-order chi connectivity index (χ0) is 35.8. The van der Waals surface area contributed by atoms with Crippen LogP contribution in [-0.4, -0.2) is 72.0 Å². The van der Waals surface area contributed by atoms with Crippen LogP contribution in [-0.2, 0) is 41.6 Å². The van der Waals surface area contributed by atoms with Gasteiger partial charge in [0.15, 0.2) is 6.29 Å². The van der Waals surface area contributed by atoms with Gasteiger partial charge in [0.2, 0.25) is 0 Å². The van der Waals surface area contributed by atoms with E-state index in [0.29, 0.717) is 12.2 Å². The second-order valence-corrected chi connectivity index (χ2v) is 14.0. The number of urea groups is 1. The number of ether oxygens (including phenoxy) is 4. The Labute approximate surface area is 294 Å². The number of likely N-dealkylation sites (tertiary alicyclic amines) is 1. The summed E-state index contributed by atoms with van der Waals surface area (Å²) in [5.74, 6) is -0.816. The molecule has 11 heteroatoms. The molecule has 0 aliphatic carbocycles. The average Bonchev–Trinajstić information content (AvgIpc) is 3.57. The first kappa shape index (κ1) is 37.0. The molecule has 2 amide bonds. The molecule has 0 unspecified atom stereocenters. The molecule has 50 heavy (non-hydrogen) atoms. The highest BCUT2D eigenvalue weighted by molar-refractivity contribution is 5.92. The molecule has 0 saturated carbocycles. The molecule has 0 bridgehead atoms. The summed E-state index contributed by atoms with van der Waals surface area (Å²) in [5, 5.41) is 15.1. The van der Waals surface area contributed by atoms with Crippen LogP contribution in [0.15, 0.2) is 78.9 Å². The van der Waals surface area contributed by atoms with E-state index >= 15 is 0 Å². The third kappa shape index (κ3) is 9.69. The summed E-state index contributed by atoms with van der Waals surface area (Å²) in [6, 6.07) is 22.5. The molecule has 3 aromatic rings. The van der Waals surface area contributed by atoms with E-state index in [1.807, 2.05) is 87.5 Å². The fraction of sp³-hybridized carbons (Fsp3) is 0.462. The molecule has 2 saturated heterocycles. The highest BCUT2D eigenvalue weighted by Crippen LogP contribution is 2.42. The number of hydrogen-bond donors (Lipinski definition) is 3. The van der Waals surface area contributed by atoms with Crippen molar-refractivity contribution in [2.75, 3.05) is 25.5 Å². The molecule has 0 radical (unpaired) electrons. The van der Waals surface area contributed by atoms with Gasteiger partial charge in [0.05, 0.1) is 25.9 Å². The second-order valence-electron chi connectivity index (χ2n) is 14.0. The number of esters is 2. The average molecular weight is 688 g/mol. The highest BCUT2D eigenvalue weighted by atomic mass is 16.7. The van der Waals surface area contributed by atoms with Gasteiger partial charge in [-0.05, 0) is 69.0 Å². The van der Waals surface area contributed by atoms with Crippen LogP contribution in [0.1, 0.15) is 75.2 Å². The topological polar surface area (TPSA) is 136 Å². The first-order valence-corrected chi connectivity index (χ1v) is 17.2.